The van der Waals surface area contributed by atoms with Crippen molar-refractivity contribution in [1.82, 2.24) is 15.2 Å². The van der Waals surface area contributed by atoms with Gasteiger partial charge >= 0.3 is 0 Å². The molecule has 2 heterocycles. The average Bonchev–Trinajstić information content (AvgIpc) is 3.25. The number of benzene rings is 1. The van der Waals surface area contributed by atoms with Gasteiger partial charge in [0, 0.05) is 50.8 Å². The van der Waals surface area contributed by atoms with Gasteiger partial charge in [0.15, 0.2) is 0 Å². The van der Waals surface area contributed by atoms with Gasteiger partial charge in [-0.05, 0) is 35.4 Å². The van der Waals surface area contributed by atoms with Crippen molar-refractivity contribution in [1.29, 1.82) is 0 Å². The Balaban J connectivity index is 1.47. The molecule has 2 aliphatic rings. The third-order valence-corrected chi connectivity index (χ3v) is 6.47. The quantitative estimate of drug-likeness (QED) is 0.783. The van der Waals surface area contributed by atoms with Gasteiger partial charge in [0.05, 0.1) is 6.10 Å². The number of aliphatic hydroxyl groups excluding tert-OH is 1. The van der Waals surface area contributed by atoms with Crippen LogP contribution in [0.2, 0.25) is 0 Å². The van der Waals surface area contributed by atoms with Gasteiger partial charge in [-0.15, -0.1) is 0 Å². The lowest BCUT2D eigenvalue weighted by Crippen LogP contribution is -2.30. The molecule has 1 saturated heterocycles. The van der Waals surface area contributed by atoms with E-state index in [0.29, 0.717) is 32.5 Å². The normalized spacial score (nSPS) is 27.8. The van der Waals surface area contributed by atoms with Crippen molar-refractivity contribution >= 4 is 11.8 Å². The Kier molecular flexibility index (Phi) is 5.37. The molecule has 0 bridgehead atoms. The molecule has 2 amide bonds. The third kappa shape index (κ3) is 3.77. The summed E-state index contributed by atoms with van der Waals surface area (Å²) < 4.78 is 0. The van der Waals surface area contributed by atoms with E-state index >= 15 is 0 Å². The van der Waals surface area contributed by atoms with Crippen molar-refractivity contribution in [2.45, 2.75) is 31.8 Å². The maximum atomic E-state index is 12.8. The van der Waals surface area contributed by atoms with Gasteiger partial charge in [-0.2, -0.15) is 0 Å². The van der Waals surface area contributed by atoms with E-state index in [0.717, 1.165) is 11.1 Å². The molecule has 4 rings (SSSR count). The van der Waals surface area contributed by atoms with Crippen LogP contribution in [0.4, 0.5) is 0 Å². The van der Waals surface area contributed by atoms with Gasteiger partial charge in [0.1, 0.15) is 0 Å². The summed E-state index contributed by atoms with van der Waals surface area (Å²) in [4.78, 5) is 30.2. The van der Waals surface area contributed by atoms with E-state index in [4.69, 9.17) is 0 Å². The smallest absolute Gasteiger partial charge is 0.223 e. The van der Waals surface area contributed by atoms with Crippen LogP contribution in [0, 0.1) is 11.3 Å². The summed E-state index contributed by atoms with van der Waals surface area (Å²) in [5, 5.41) is 13.9. The zero-order chi connectivity index (χ0) is 20.4. The van der Waals surface area contributed by atoms with Crippen LogP contribution in [0.5, 0.6) is 0 Å². The number of amides is 2. The van der Waals surface area contributed by atoms with Gasteiger partial charge in [0.25, 0.3) is 0 Å². The molecule has 2 N–H and O–H groups in total. The van der Waals surface area contributed by atoms with E-state index < -0.39 is 6.10 Å². The van der Waals surface area contributed by atoms with Crippen LogP contribution in [0.15, 0.2) is 54.9 Å². The molecular weight excluding hydrogens is 366 g/mol. The molecule has 4 atom stereocenters. The van der Waals surface area contributed by atoms with Gasteiger partial charge in [-0.3, -0.25) is 14.6 Å². The highest BCUT2D eigenvalue weighted by Crippen LogP contribution is 2.68. The molecule has 152 valence electrons. The second-order valence-corrected chi connectivity index (χ2v) is 8.20. The molecule has 2 fully saturated rings. The zero-order valence-electron chi connectivity index (χ0n) is 16.6. The second-order valence-electron chi connectivity index (χ2n) is 8.20. The summed E-state index contributed by atoms with van der Waals surface area (Å²) in [7, 11) is 0. The Morgan fingerprint density at radius 3 is 2.72 bits per heavy atom. The summed E-state index contributed by atoms with van der Waals surface area (Å²) in [6, 6.07) is 13.9. The van der Waals surface area contributed by atoms with Crippen molar-refractivity contribution in [2.24, 2.45) is 11.3 Å². The number of rotatable bonds is 6. The monoisotopic (exact) mass is 393 g/mol. The number of carbonyl (C=O) groups excluding carboxylic acids is 2. The third-order valence-electron chi connectivity index (χ3n) is 6.47. The predicted molar refractivity (Wildman–Crippen MR) is 109 cm³/mol. The highest BCUT2D eigenvalue weighted by molar-refractivity contribution is 5.77. The van der Waals surface area contributed by atoms with Crippen LogP contribution >= 0.6 is 0 Å². The lowest BCUT2D eigenvalue weighted by Gasteiger charge is -2.17. The number of hydrogen-bond donors (Lipinski definition) is 2. The summed E-state index contributed by atoms with van der Waals surface area (Å²) in [5.74, 6) is 0.249. The first-order valence-electron chi connectivity index (χ1n) is 10.2. The first-order chi connectivity index (χ1) is 14.0. The van der Waals surface area contributed by atoms with Crippen molar-refractivity contribution in [3.63, 3.8) is 0 Å². The highest BCUT2D eigenvalue weighted by atomic mass is 16.3. The molecule has 1 aromatic carbocycles. The molecule has 2 aromatic rings. The largest absolute Gasteiger partial charge is 0.391 e. The van der Waals surface area contributed by atoms with Gasteiger partial charge in [-0.1, -0.05) is 36.4 Å². The Morgan fingerprint density at radius 2 is 2.03 bits per heavy atom. The molecule has 1 saturated carbocycles. The number of aromatic nitrogens is 1. The molecule has 6 heteroatoms. The lowest BCUT2D eigenvalue weighted by atomic mass is 9.95. The van der Waals surface area contributed by atoms with E-state index in [-0.39, 0.29) is 29.1 Å². The van der Waals surface area contributed by atoms with Gasteiger partial charge < -0.3 is 15.3 Å². The maximum absolute atomic E-state index is 12.8. The highest BCUT2D eigenvalue weighted by Gasteiger charge is 2.71. The topological polar surface area (TPSA) is 82.5 Å². The van der Waals surface area contributed by atoms with E-state index in [1.807, 2.05) is 30.3 Å². The Morgan fingerprint density at radius 1 is 1.24 bits per heavy atom. The number of nitrogens with one attached hydrogen (secondary N) is 1. The molecule has 1 aliphatic carbocycles. The number of aliphatic hydroxyl groups is 1. The Hall–Kier alpha value is -2.73. The van der Waals surface area contributed by atoms with Crippen LogP contribution in [-0.2, 0) is 16.0 Å². The van der Waals surface area contributed by atoms with Gasteiger partial charge in [-0.25, -0.2) is 0 Å². The number of carbonyl (C=O) groups is 2. The zero-order valence-corrected chi connectivity index (χ0v) is 16.6. The van der Waals surface area contributed by atoms with Crippen molar-refractivity contribution in [3.8, 4) is 0 Å². The fourth-order valence-electron chi connectivity index (χ4n) is 5.00. The van der Waals surface area contributed by atoms with E-state index in [1.54, 1.807) is 17.3 Å². The molecular formula is C23H27N3O3. The van der Waals surface area contributed by atoms with E-state index in [2.05, 4.69) is 22.4 Å². The number of likely N-dealkylation sites (tertiary alicyclic amines) is 1. The summed E-state index contributed by atoms with van der Waals surface area (Å²) >= 11 is 0. The fourth-order valence-corrected chi connectivity index (χ4v) is 5.00. The minimum Gasteiger partial charge on any atom is -0.391 e. The van der Waals surface area contributed by atoms with Crippen LogP contribution < -0.4 is 5.32 Å². The molecule has 29 heavy (non-hydrogen) atoms. The fraction of sp³-hybridized carbons (Fsp3) is 0.435. The maximum Gasteiger partial charge on any atom is 0.223 e. The molecule has 1 aromatic heterocycles. The van der Waals surface area contributed by atoms with Crippen molar-refractivity contribution < 1.29 is 14.7 Å². The van der Waals surface area contributed by atoms with Crippen molar-refractivity contribution in [2.75, 3.05) is 19.6 Å². The van der Waals surface area contributed by atoms with Crippen LogP contribution in [-0.4, -0.2) is 52.5 Å². The van der Waals surface area contributed by atoms with Crippen LogP contribution in [0.1, 0.15) is 30.4 Å². The number of hydrogen-bond acceptors (Lipinski definition) is 4. The lowest BCUT2D eigenvalue weighted by molar-refractivity contribution is -0.130. The van der Waals surface area contributed by atoms with Crippen molar-refractivity contribution in [3.05, 3.63) is 66.0 Å². The molecule has 6 nitrogen and oxygen atoms in total. The first kappa shape index (κ1) is 19.6. The molecule has 0 unspecified atom stereocenters. The number of β-amino-alcohol motifs (C(OH)–C–C–N with tert-alkyl or cyclic N) is 1. The minimum absolute atomic E-state index is 0.0572. The van der Waals surface area contributed by atoms with E-state index in [9.17, 15) is 14.7 Å². The predicted octanol–water partition coefficient (Wildman–Crippen LogP) is 1.75. The first-order valence-corrected chi connectivity index (χ1v) is 10.2. The SMILES string of the molecule is CC(=O)NC[C@@H]1[C@@H](c2ccccc2)[C@]12CN(C(=O)CCc1cccnc1)C[C@H]2O. The molecule has 1 aliphatic heterocycles. The molecule has 1 spiro atoms. The number of aryl methyl sites for hydroxylation is 1. The second kappa shape index (κ2) is 7.95. The molecule has 0 radical (unpaired) electrons. The van der Waals surface area contributed by atoms with E-state index in [1.165, 1.54) is 6.92 Å². The average molecular weight is 393 g/mol. The Labute approximate surface area is 171 Å². The van der Waals surface area contributed by atoms with Crippen LogP contribution in [0.3, 0.4) is 0 Å². The summed E-state index contributed by atoms with van der Waals surface area (Å²) in [6.45, 7) is 2.91. The standard InChI is InChI=1S/C23H27N3O3/c1-16(27)25-13-19-22(18-7-3-2-4-8-18)23(19)15-26(14-20(23)28)21(29)10-9-17-6-5-11-24-12-17/h2-8,11-12,19-20,22,28H,9-10,13-15H2,1H3,(H,25,27)/t19-,20-,22-,23-/m1/s1. The Bertz CT molecular complexity index is 873. The van der Waals surface area contributed by atoms with Gasteiger partial charge in [0.2, 0.25) is 11.8 Å². The summed E-state index contributed by atoms with van der Waals surface area (Å²) in [5.41, 5.74) is 1.81. The number of nitrogens with zero attached hydrogens (tertiary/aromatic N) is 2. The number of pyridine rings is 1. The minimum atomic E-state index is -0.589. The summed E-state index contributed by atoms with van der Waals surface area (Å²) in [6.07, 6.45) is 3.96. The van der Waals surface area contributed by atoms with Crippen LogP contribution in [0.25, 0.3) is 0 Å².